The summed E-state index contributed by atoms with van der Waals surface area (Å²) in [5.74, 6) is -0.358. The first-order valence-electron chi connectivity index (χ1n) is 3.05. The molecule has 68 valence electrons. The van der Waals surface area contributed by atoms with Gasteiger partial charge >= 0.3 is 0 Å². The first-order chi connectivity index (χ1) is 5.53. The Labute approximate surface area is 74.5 Å². The van der Waals surface area contributed by atoms with Crippen LogP contribution in [0.4, 0.5) is 0 Å². The number of nitrogens with zero attached hydrogens (tertiary/aromatic N) is 1. The number of aromatic amines is 1. The van der Waals surface area contributed by atoms with E-state index in [0.29, 0.717) is 5.69 Å². The molecule has 0 aliphatic carbocycles. The summed E-state index contributed by atoms with van der Waals surface area (Å²) in [6.07, 6.45) is 1.33. The smallest absolute Gasteiger partial charge is 0.270 e. The van der Waals surface area contributed by atoms with Crippen molar-refractivity contribution < 1.29 is 13.0 Å². The van der Waals surface area contributed by atoms with E-state index in [4.69, 9.17) is 16.2 Å². The van der Waals surface area contributed by atoms with E-state index < -0.39 is 15.9 Å². The van der Waals surface area contributed by atoms with E-state index in [-0.39, 0.29) is 11.6 Å². The molecule has 0 saturated heterocycles. The van der Waals surface area contributed by atoms with Gasteiger partial charge in [0.2, 0.25) is 0 Å². The highest BCUT2D eigenvalue weighted by atomic mass is 35.5. The summed E-state index contributed by atoms with van der Waals surface area (Å²) < 4.78 is 29.3. The Balaban J connectivity index is 2.89. The lowest BCUT2D eigenvalue weighted by Crippen LogP contribution is -2.03. The molecule has 1 heterocycles. The molecule has 5 nitrogen and oxygen atoms in total. The van der Waals surface area contributed by atoms with Gasteiger partial charge in [0.15, 0.2) is 0 Å². The largest absolute Gasteiger partial charge is 0.347 e. The lowest BCUT2D eigenvalue weighted by molar-refractivity contribution is 0.481. The number of imidazole rings is 1. The SMILES string of the molecule is O=S(=O)(O)Cc1nc[nH]c1CCl. The van der Waals surface area contributed by atoms with Crippen LogP contribution in [-0.2, 0) is 21.8 Å². The summed E-state index contributed by atoms with van der Waals surface area (Å²) in [6.45, 7) is 0. The van der Waals surface area contributed by atoms with Crippen LogP contribution in [0, 0.1) is 0 Å². The molecule has 0 spiro atoms. The molecule has 12 heavy (non-hydrogen) atoms. The molecule has 0 unspecified atom stereocenters. The number of hydrogen-bond acceptors (Lipinski definition) is 3. The Hall–Kier alpha value is -0.590. The Bertz CT molecular complexity index is 359. The third-order valence-corrected chi connectivity index (χ3v) is 2.17. The predicted molar refractivity (Wildman–Crippen MR) is 43.4 cm³/mol. The molecule has 0 saturated carbocycles. The summed E-state index contributed by atoms with van der Waals surface area (Å²) in [5, 5.41) is 0. The Morgan fingerprint density at radius 3 is 2.83 bits per heavy atom. The van der Waals surface area contributed by atoms with Crippen molar-refractivity contribution in [2.75, 3.05) is 0 Å². The maximum Gasteiger partial charge on any atom is 0.270 e. The lowest BCUT2D eigenvalue weighted by atomic mass is 10.4. The molecule has 0 bridgehead atoms. The Morgan fingerprint density at radius 1 is 1.67 bits per heavy atom. The molecule has 2 N–H and O–H groups in total. The monoisotopic (exact) mass is 210 g/mol. The lowest BCUT2D eigenvalue weighted by Gasteiger charge is -1.95. The molecule has 0 amide bonds. The maximum atomic E-state index is 10.4. The second-order valence-electron chi connectivity index (χ2n) is 2.19. The van der Waals surface area contributed by atoms with Crippen LogP contribution < -0.4 is 0 Å². The molecule has 0 aliphatic rings. The highest BCUT2D eigenvalue weighted by Gasteiger charge is 2.12. The van der Waals surface area contributed by atoms with Gasteiger partial charge in [-0.2, -0.15) is 8.42 Å². The fourth-order valence-electron chi connectivity index (χ4n) is 0.762. The highest BCUT2D eigenvalue weighted by molar-refractivity contribution is 7.85. The summed E-state index contributed by atoms with van der Waals surface area (Å²) in [6, 6.07) is 0. The van der Waals surface area contributed by atoms with E-state index in [0.717, 1.165) is 0 Å². The van der Waals surface area contributed by atoms with Crippen molar-refractivity contribution >= 4 is 21.7 Å². The number of alkyl halides is 1. The molecule has 0 aliphatic heterocycles. The predicted octanol–water partition coefficient (Wildman–Crippen LogP) is 0.536. The van der Waals surface area contributed by atoms with Gasteiger partial charge in [-0.1, -0.05) is 0 Å². The number of halogens is 1. The zero-order valence-corrected chi connectivity index (χ0v) is 7.56. The van der Waals surface area contributed by atoms with Crippen molar-refractivity contribution in [1.82, 2.24) is 9.97 Å². The number of aromatic nitrogens is 2. The van der Waals surface area contributed by atoms with Crippen LogP contribution in [0.15, 0.2) is 6.33 Å². The Morgan fingerprint density at radius 2 is 2.33 bits per heavy atom. The van der Waals surface area contributed by atoms with Gasteiger partial charge in [-0.15, -0.1) is 11.6 Å². The van der Waals surface area contributed by atoms with Gasteiger partial charge in [-0.05, 0) is 0 Å². The molecular weight excluding hydrogens is 204 g/mol. The fourth-order valence-corrected chi connectivity index (χ4v) is 1.59. The maximum absolute atomic E-state index is 10.4. The van der Waals surface area contributed by atoms with Crippen molar-refractivity contribution in [2.24, 2.45) is 0 Å². The summed E-state index contributed by atoms with van der Waals surface area (Å²) in [5.41, 5.74) is 0.766. The van der Waals surface area contributed by atoms with E-state index in [9.17, 15) is 8.42 Å². The van der Waals surface area contributed by atoms with Gasteiger partial charge in [0.05, 0.1) is 23.6 Å². The van der Waals surface area contributed by atoms with Gasteiger partial charge in [-0.3, -0.25) is 4.55 Å². The third-order valence-electron chi connectivity index (χ3n) is 1.26. The summed E-state index contributed by atoms with van der Waals surface area (Å²) in [4.78, 5) is 6.35. The molecule has 7 heteroatoms. The zero-order valence-electron chi connectivity index (χ0n) is 5.99. The van der Waals surface area contributed by atoms with Gasteiger partial charge in [-0.25, -0.2) is 4.98 Å². The topological polar surface area (TPSA) is 83.1 Å². The van der Waals surface area contributed by atoms with Crippen LogP contribution in [0.5, 0.6) is 0 Å². The average Bonchev–Trinajstić information content (AvgIpc) is 2.31. The quantitative estimate of drug-likeness (QED) is 0.563. The van der Waals surface area contributed by atoms with E-state index in [1.54, 1.807) is 0 Å². The highest BCUT2D eigenvalue weighted by Crippen LogP contribution is 2.08. The first kappa shape index (κ1) is 9.50. The second-order valence-corrected chi connectivity index (χ2v) is 3.91. The number of H-pyrrole nitrogens is 1. The molecule has 1 rings (SSSR count). The van der Waals surface area contributed by atoms with Gasteiger partial charge in [0, 0.05) is 0 Å². The van der Waals surface area contributed by atoms with Crippen LogP contribution in [0.25, 0.3) is 0 Å². The second kappa shape index (κ2) is 3.42. The van der Waals surface area contributed by atoms with Crippen molar-refractivity contribution in [3.05, 3.63) is 17.7 Å². The van der Waals surface area contributed by atoms with Crippen molar-refractivity contribution in [3.8, 4) is 0 Å². The summed E-state index contributed by atoms with van der Waals surface area (Å²) in [7, 11) is -4.02. The van der Waals surface area contributed by atoms with E-state index in [1.165, 1.54) is 6.33 Å². The average molecular weight is 211 g/mol. The van der Waals surface area contributed by atoms with Crippen molar-refractivity contribution in [2.45, 2.75) is 11.6 Å². The van der Waals surface area contributed by atoms with Crippen molar-refractivity contribution in [3.63, 3.8) is 0 Å². The van der Waals surface area contributed by atoms with Gasteiger partial charge in [0.1, 0.15) is 5.75 Å². The Kier molecular flexibility index (Phi) is 2.71. The van der Waals surface area contributed by atoms with Crippen molar-refractivity contribution in [1.29, 1.82) is 0 Å². The summed E-state index contributed by atoms with van der Waals surface area (Å²) >= 11 is 5.45. The van der Waals surface area contributed by atoms with Crippen LogP contribution in [0.2, 0.25) is 0 Å². The molecule has 0 fully saturated rings. The van der Waals surface area contributed by atoms with Crippen LogP contribution >= 0.6 is 11.6 Å². The van der Waals surface area contributed by atoms with Gasteiger partial charge < -0.3 is 4.98 Å². The molecule has 0 radical (unpaired) electrons. The third kappa shape index (κ3) is 2.47. The van der Waals surface area contributed by atoms with Crippen LogP contribution in [0.3, 0.4) is 0 Å². The standard InChI is InChI=1S/C5H7ClN2O3S/c6-1-4-5(8-3-7-4)2-12(9,10)11/h3H,1-2H2,(H,7,8)(H,9,10,11). The first-order valence-corrected chi connectivity index (χ1v) is 5.19. The van der Waals surface area contributed by atoms with Crippen LogP contribution in [-0.4, -0.2) is 22.9 Å². The molecule has 1 aromatic heterocycles. The van der Waals surface area contributed by atoms with E-state index in [1.807, 2.05) is 0 Å². The molecule has 1 aromatic rings. The van der Waals surface area contributed by atoms with Crippen LogP contribution in [0.1, 0.15) is 11.4 Å². The minimum absolute atomic E-state index is 0.144. The number of hydrogen-bond donors (Lipinski definition) is 2. The van der Waals surface area contributed by atoms with Gasteiger partial charge in [0.25, 0.3) is 10.1 Å². The normalized spacial score (nSPS) is 11.8. The molecule has 0 aromatic carbocycles. The molecular formula is C5H7ClN2O3S. The van der Waals surface area contributed by atoms with E-state index in [2.05, 4.69) is 9.97 Å². The minimum Gasteiger partial charge on any atom is -0.347 e. The minimum atomic E-state index is -4.02. The number of nitrogens with one attached hydrogen (secondary N) is 1. The fraction of sp³-hybridized carbons (Fsp3) is 0.400. The molecule has 0 atom stereocenters. The zero-order chi connectivity index (χ0) is 9.19. The van der Waals surface area contributed by atoms with E-state index >= 15 is 0 Å². The number of rotatable bonds is 3.